The van der Waals surface area contributed by atoms with Crippen molar-refractivity contribution in [1.29, 1.82) is 0 Å². The Morgan fingerprint density at radius 1 is 1.17 bits per heavy atom. The number of benzene rings is 1. The Hall–Kier alpha value is -2.48. The number of nitrogens with zero attached hydrogens (tertiary/aromatic N) is 5. The molecule has 0 aliphatic carbocycles. The molecule has 0 atom stereocenters. The summed E-state index contributed by atoms with van der Waals surface area (Å²) >= 11 is 6.15. The van der Waals surface area contributed by atoms with Crippen LogP contribution in [-0.2, 0) is 6.54 Å². The Balaban J connectivity index is 2.14. The molecule has 0 saturated heterocycles. The predicted molar refractivity (Wildman–Crippen MR) is 116 cm³/mol. The van der Waals surface area contributed by atoms with Crippen molar-refractivity contribution < 1.29 is 4.79 Å². The van der Waals surface area contributed by atoms with Gasteiger partial charge in [-0.25, -0.2) is 9.97 Å². The van der Waals surface area contributed by atoms with Gasteiger partial charge >= 0.3 is 0 Å². The van der Waals surface area contributed by atoms with Crippen molar-refractivity contribution in [3.05, 3.63) is 51.9 Å². The monoisotopic (exact) mass is 414 g/mol. The standard InChI is InChI=1S/C21H27ClN6O/c1-13-10-15(22)6-7-16(13)19-17(11-23)14(2)24-21-25-18(12-28(19)21)20(29)27(5)9-8-26(3)4/h6-7,10,12H,8-9,11,23H2,1-5H3. The topological polar surface area (TPSA) is 79.8 Å². The van der Waals surface area contributed by atoms with Gasteiger partial charge in [0.25, 0.3) is 5.91 Å². The number of fused-ring (bicyclic) bond motifs is 1. The molecule has 0 aliphatic rings. The Morgan fingerprint density at radius 3 is 2.52 bits per heavy atom. The van der Waals surface area contributed by atoms with Crippen LogP contribution in [0.3, 0.4) is 0 Å². The minimum absolute atomic E-state index is 0.136. The first-order chi connectivity index (χ1) is 13.7. The highest BCUT2D eigenvalue weighted by Crippen LogP contribution is 2.31. The molecule has 3 rings (SSSR count). The maximum Gasteiger partial charge on any atom is 0.273 e. The van der Waals surface area contributed by atoms with Gasteiger partial charge in [0.05, 0.1) is 5.69 Å². The van der Waals surface area contributed by atoms with Crippen molar-refractivity contribution >= 4 is 23.3 Å². The molecule has 0 fully saturated rings. The highest BCUT2D eigenvalue weighted by Gasteiger charge is 2.21. The highest BCUT2D eigenvalue weighted by molar-refractivity contribution is 6.30. The van der Waals surface area contributed by atoms with Crippen LogP contribution in [0.1, 0.15) is 27.3 Å². The molecule has 2 heterocycles. The molecule has 3 aromatic rings. The van der Waals surface area contributed by atoms with Crippen LogP contribution in [0.2, 0.25) is 5.02 Å². The molecule has 0 saturated carbocycles. The third-order valence-electron chi connectivity index (χ3n) is 5.01. The summed E-state index contributed by atoms with van der Waals surface area (Å²) in [5, 5.41) is 0.673. The van der Waals surface area contributed by atoms with E-state index < -0.39 is 0 Å². The molecule has 0 spiro atoms. The van der Waals surface area contributed by atoms with E-state index in [4.69, 9.17) is 17.3 Å². The number of carbonyl (C=O) groups excluding carboxylic acids is 1. The van der Waals surface area contributed by atoms with Crippen LogP contribution in [0.15, 0.2) is 24.4 Å². The molecular weight excluding hydrogens is 388 g/mol. The van der Waals surface area contributed by atoms with E-state index in [1.807, 2.05) is 55.4 Å². The fourth-order valence-corrected chi connectivity index (χ4v) is 3.55. The number of rotatable bonds is 6. The SMILES string of the molecule is Cc1cc(Cl)ccc1-c1c(CN)c(C)nc2nc(C(=O)N(C)CCN(C)C)cn12. The molecular formula is C21H27ClN6O. The second kappa shape index (κ2) is 8.49. The minimum atomic E-state index is -0.136. The molecule has 1 amide bonds. The molecule has 0 radical (unpaired) electrons. The third-order valence-corrected chi connectivity index (χ3v) is 5.25. The van der Waals surface area contributed by atoms with Gasteiger partial charge in [-0.15, -0.1) is 0 Å². The molecule has 2 N–H and O–H groups in total. The third kappa shape index (κ3) is 4.27. The number of imidazole rings is 1. The summed E-state index contributed by atoms with van der Waals surface area (Å²) in [6.45, 7) is 5.64. The molecule has 0 bridgehead atoms. The average Bonchev–Trinajstić information content (AvgIpc) is 3.08. The van der Waals surface area contributed by atoms with Crippen LogP contribution in [-0.4, -0.2) is 64.3 Å². The number of hydrogen-bond acceptors (Lipinski definition) is 5. The zero-order chi connectivity index (χ0) is 21.3. The van der Waals surface area contributed by atoms with Crippen molar-refractivity contribution in [2.75, 3.05) is 34.2 Å². The summed E-state index contributed by atoms with van der Waals surface area (Å²) in [6, 6.07) is 5.73. The van der Waals surface area contributed by atoms with Crippen molar-refractivity contribution in [3.63, 3.8) is 0 Å². The van der Waals surface area contributed by atoms with Crippen LogP contribution >= 0.6 is 11.6 Å². The molecule has 1 aromatic carbocycles. The number of hydrogen-bond donors (Lipinski definition) is 1. The van der Waals surface area contributed by atoms with E-state index in [0.717, 1.165) is 34.6 Å². The lowest BCUT2D eigenvalue weighted by atomic mass is 10.00. The lowest BCUT2D eigenvalue weighted by molar-refractivity contribution is 0.0781. The average molecular weight is 415 g/mol. The first-order valence-electron chi connectivity index (χ1n) is 9.48. The van der Waals surface area contributed by atoms with E-state index in [1.54, 1.807) is 18.1 Å². The van der Waals surface area contributed by atoms with Gasteiger partial charge in [0.1, 0.15) is 5.69 Å². The van der Waals surface area contributed by atoms with Crippen LogP contribution < -0.4 is 5.73 Å². The number of halogens is 1. The second-order valence-corrected chi connectivity index (χ2v) is 7.95. The van der Waals surface area contributed by atoms with E-state index in [2.05, 4.69) is 9.97 Å². The largest absolute Gasteiger partial charge is 0.339 e. The number of aromatic nitrogens is 3. The van der Waals surface area contributed by atoms with Gasteiger partial charge in [-0.2, -0.15) is 0 Å². The first kappa shape index (κ1) is 21.2. The van der Waals surface area contributed by atoms with Gasteiger partial charge in [-0.1, -0.05) is 17.7 Å². The van der Waals surface area contributed by atoms with Crippen molar-refractivity contribution in [2.45, 2.75) is 20.4 Å². The molecule has 154 valence electrons. The number of carbonyl (C=O) groups is 1. The van der Waals surface area contributed by atoms with Crippen LogP contribution in [0.5, 0.6) is 0 Å². The van der Waals surface area contributed by atoms with Gasteiger partial charge < -0.3 is 15.5 Å². The Bertz CT molecular complexity index is 1060. The minimum Gasteiger partial charge on any atom is -0.339 e. The summed E-state index contributed by atoms with van der Waals surface area (Å²) in [4.78, 5) is 25.7. The fourth-order valence-electron chi connectivity index (χ4n) is 3.33. The quantitative estimate of drug-likeness (QED) is 0.670. The van der Waals surface area contributed by atoms with E-state index in [1.165, 1.54) is 0 Å². The smallest absolute Gasteiger partial charge is 0.273 e. The molecule has 7 nitrogen and oxygen atoms in total. The number of likely N-dealkylation sites (N-methyl/N-ethyl adjacent to an activating group) is 2. The lowest BCUT2D eigenvalue weighted by Crippen LogP contribution is -2.33. The summed E-state index contributed by atoms with van der Waals surface area (Å²) in [7, 11) is 5.74. The predicted octanol–water partition coefficient (Wildman–Crippen LogP) is 2.76. The highest BCUT2D eigenvalue weighted by atomic mass is 35.5. The van der Waals surface area contributed by atoms with Crippen molar-refractivity contribution in [1.82, 2.24) is 24.2 Å². The molecule has 0 unspecified atom stereocenters. The number of aryl methyl sites for hydroxylation is 2. The van der Waals surface area contributed by atoms with E-state index in [-0.39, 0.29) is 5.91 Å². The Kier molecular flexibility index (Phi) is 6.21. The van der Waals surface area contributed by atoms with E-state index in [9.17, 15) is 4.79 Å². The molecule has 29 heavy (non-hydrogen) atoms. The molecule has 8 heteroatoms. The van der Waals surface area contributed by atoms with Crippen LogP contribution in [0.4, 0.5) is 0 Å². The first-order valence-corrected chi connectivity index (χ1v) is 9.86. The number of amides is 1. The Morgan fingerprint density at radius 2 is 1.90 bits per heavy atom. The zero-order valence-corrected chi connectivity index (χ0v) is 18.3. The van der Waals surface area contributed by atoms with Gasteiger partial charge in [0.2, 0.25) is 5.78 Å². The molecule has 0 aliphatic heterocycles. The Labute approximate surface area is 176 Å². The normalized spacial score (nSPS) is 11.4. The maximum absolute atomic E-state index is 12.9. The summed E-state index contributed by atoms with van der Waals surface area (Å²) in [6.07, 6.45) is 1.75. The maximum atomic E-state index is 12.9. The van der Waals surface area contributed by atoms with Crippen molar-refractivity contribution in [2.24, 2.45) is 5.73 Å². The van der Waals surface area contributed by atoms with Crippen LogP contribution in [0.25, 0.3) is 17.0 Å². The van der Waals surface area contributed by atoms with Gasteiger partial charge in [0, 0.05) is 54.7 Å². The summed E-state index contributed by atoms with van der Waals surface area (Å²) in [5.41, 5.74) is 11.0. The van der Waals surface area contributed by atoms with Gasteiger partial charge in [0.15, 0.2) is 0 Å². The zero-order valence-electron chi connectivity index (χ0n) is 17.5. The fraction of sp³-hybridized carbons (Fsp3) is 0.381. The molecule has 2 aromatic heterocycles. The lowest BCUT2D eigenvalue weighted by Gasteiger charge is -2.18. The summed E-state index contributed by atoms with van der Waals surface area (Å²) in [5.74, 6) is 0.344. The van der Waals surface area contributed by atoms with E-state index >= 15 is 0 Å². The van der Waals surface area contributed by atoms with Crippen LogP contribution in [0, 0.1) is 13.8 Å². The van der Waals surface area contributed by atoms with E-state index in [0.29, 0.717) is 29.6 Å². The van der Waals surface area contributed by atoms with Crippen molar-refractivity contribution in [3.8, 4) is 11.3 Å². The number of nitrogens with two attached hydrogens (primary N) is 1. The second-order valence-electron chi connectivity index (χ2n) is 7.51. The summed E-state index contributed by atoms with van der Waals surface area (Å²) < 4.78 is 1.86. The van der Waals surface area contributed by atoms with Gasteiger partial charge in [-0.05, 0) is 45.6 Å². The van der Waals surface area contributed by atoms with Gasteiger partial charge in [-0.3, -0.25) is 9.20 Å².